The molecule has 5 aromatic rings. The summed E-state index contributed by atoms with van der Waals surface area (Å²) in [6.07, 6.45) is -4.38. The van der Waals surface area contributed by atoms with Gasteiger partial charge in [-0.3, -0.25) is 43.2 Å². The van der Waals surface area contributed by atoms with E-state index in [4.69, 9.17) is 10.5 Å². The molecule has 1 aliphatic rings. The van der Waals surface area contributed by atoms with E-state index in [1.807, 2.05) is 0 Å². The van der Waals surface area contributed by atoms with Gasteiger partial charge in [0.05, 0.1) is 30.3 Å². The highest BCUT2D eigenvalue weighted by Gasteiger charge is 2.44. The van der Waals surface area contributed by atoms with Crippen LogP contribution in [0.15, 0.2) is 152 Å². The lowest BCUT2D eigenvalue weighted by molar-refractivity contribution is -0.156. The van der Waals surface area contributed by atoms with Crippen molar-refractivity contribution in [2.24, 2.45) is 17.6 Å². The van der Waals surface area contributed by atoms with Crippen molar-refractivity contribution in [3.63, 3.8) is 0 Å². The first-order valence-electron chi connectivity index (χ1n) is 28.3. The van der Waals surface area contributed by atoms with Gasteiger partial charge in [0, 0.05) is 6.42 Å². The number of nitrogens with one attached hydrogen (secondary N) is 7. The van der Waals surface area contributed by atoms with E-state index >= 15 is 14.4 Å². The van der Waals surface area contributed by atoms with E-state index in [1.165, 1.54) is 20.8 Å². The summed E-state index contributed by atoms with van der Waals surface area (Å²) < 4.78 is 5.81. The number of amides is 8. The molecule has 1 fully saturated rings. The van der Waals surface area contributed by atoms with E-state index in [1.54, 1.807) is 179 Å². The third kappa shape index (κ3) is 17.7. The minimum absolute atomic E-state index is 0.0349. The summed E-state index contributed by atoms with van der Waals surface area (Å²) in [4.78, 5) is 146. The summed E-state index contributed by atoms with van der Waals surface area (Å²) in [6, 6.07) is 32.8. The van der Waals surface area contributed by atoms with E-state index in [0.29, 0.717) is 27.0 Å². The summed E-state index contributed by atoms with van der Waals surface area (Å²) >= 11 is 0. The lowest BCUT2D eigenvalue weighted by Gasteiger charge is -2.35. The Balaban J connectivity index is 1.53. The molecule has 85 heavy (non-hydrogen) atoms. The van der Waals surface area contributed by atoms with Gasteiger partial charge in [-0.25, -0.2) is 4.79 Å². The molecule has 10 N–H and O–H groups in total. The average Bonchev–Trinajstić information content (AvgIpc) is 0.958. The van der Waals surface area contributed by atoms with Gasteiger partial charge in [0.25, 0.3) is 5.91 Å². The standard InChI is InChI=1S/C64H77N8O12P/c1-38(2)33-48-56(76)57(85(45-27-17-10-18-28-45,46-29-19-11-20-30-46)47-31-21-12-22-32-47)63(82)70-49(34-39(3)4)59(78)69-51(37-52(65)74)58(77)66-40(5)64(83)84-42(7)55(62(81)68-48)72-61(80)54(41(6)73)71-60(79)50(35-43-23-13-8-14-24-43)67-53(75)36-44-25-15-9-16-26-44/h8-32,38-42,48-51,54-55,73H,33-37H2,1-7H3,(H2,65,74)(H,66,77)(H,67,75)(H,68,81)(H,69,78)(H,70,82)(H,71,79)(H,72,80)/t40-,41-,42-,48+,49+,50+,51+,54+,55+/m1/s1. The molecule has 0 bridgehead atoms. The second kappa shape index (κ2) is 30.7. The first-order valence-corrected chi connectivity index (χ1v) is 30.1. The Bertz CT molecular complexity index is 3120. The molecule has 0 aliphatic carbocycles. The fourth-order valence-electron chi connectivity index (χ4n) is 10.1. The fraction of sp³-hybridized carbons (Fsp3) is 0.359. The van der Waals surface area contributed by atoms with Crippen LogP contribution >= 0.6 is 6.89 Å². The molecule has 0 saturated carbocycles. The van der Waals surface area contributed by atoms with Crippen LogP contribution in [0, 0.1) is 11.8 Å². The molecule has 0 radical (unpaired) electrons. The van der Waals surface area contributed by atoms with E-state index < -0.39 is 127 Å². The van der Waals surface area contributed by atoms with Crippen LogP contribution in [0.3, 0.4) is 0 Å². The molecule has 0 unspecified atom stereocenters. The van der Waals surface area contributed by atoms with Gasteiger partial charge in [-0.1, -0.05) is 179 Å². The van der Waals surface area contributed by atoms with Gasteiger partial charge in [0.2, 0.25) is 41.4 Å². The molecule has 1 heterocycles. The monoisotopic (exact) mass is 1180 g/mol. The first kappa shape index (κ1) is 65.4. The van der Waals surface area contributed by atoms with Crippen molar-refractivity contribution in [2.75, 3.05) is 0 Å². The smallest absolute Gasteiger partial charge is 0.328 e. The number of carbonyl (C=O) groups is 10. The van der Waals surface area contributed by atoms with Crippen LogP contribution in [0.25, 0.3) is 0 Å². The van der Waals surface area contributed by atoms with E-state index in [2.05, 4.69) is 37.2 Å². The van der Waals surface area contributed by atoms with Gasteiger partial charge in [-0.05, 0) is 79.4 Å². The highest BCUT2D eigenvalue weighted by Crippen LogP contribution is 2.47. The number of benzene rings is 5. The van der Waals surface area contributed by atoms with Gasteiger partial charge in [-0.2, -0.15) is 0 Å². The van der Waals surface area contributed by atoms with Gasteiger partial charge < -0.3 is 52.8 Å². The molecule has 8 amide bonds. The highest BCUT2D eigenvalue weighted by molar-refractivity contribution is 7.97. The quantitative estimate of drug-likeness (QED) is 0.0423. The average molecular weight is 1180 g/mol. The molecule has 5 aromatic carbocycles. The molecule has 9 atom stereocenters. The van der Waals surface area contributed by atoms with Crippen LogP contribution in [0.4, 0.5) is 0 Å². The molecule has 6 rings (SSSR count). The number of primary amides is 1. The Morgan fingerprint density at radius 1 is 0.576 bits per heavy atom. The van der Waals surface area contributed by atoms with Gasteiger partial charge in [0.1, 0.15) is 42.4 Å². The molecule has 1 saturated heterocycles. The zero-order valence-corrected chi connectivity index (χ0v) is 49.7. The molecule has 0 spiro atoms. The van der Waals surface area contributed by atoms with Crippen LogP contribution in [0.2, 0.25) is 0 Å². The lowest BCUT2D eigenvalue weighted by atomic mass is 9.96. The fourth-order valence-corrected chi connectivity index (χ4v) is 14.5. The number of hydrogen-bond acceptors (Lipinski definition) is 12. The number of hydrogen-bond donors (Lipinski definition) is 9. The Morgan fingerprint density at radius 3 is 1.52 bits per heavy atom. The van der Waals surface area contributed by atoms with Crippen molar-refractivity contribution in [1.29, 1.82) is 0 Å². The number of ketones is 1. The molecular weight excluding hydrogens is 1100 g/mol. The van der Waals surface area contributed by atoms with Gasteiger partial charge >= 0.3 is 5.97 Å². The van der Waals surface area contributed by atoms with Crippen molar-refractivity contribution < 1.29 is 57.8 Å². The second-order valence-electron chi connectivity index (χ2n) is 22.0. The number of aliphatic hydroxyl groups is 1. The zero-order valence-electron chi connectivity index (χ0n) is 48.8. The predicted octanol–water partition coefficient (Wildman–Crippen LogP) is 1.91. The van der Waals surface area contributed by atoms with Crippen LogP contribution in [0.1, 0.15) is 78.9 Å². The van der Waals surface area contributed by atoms with Crippen molar-refractivity contribution >= 4 is 87.1 Å². The van der Waals surface area contributed by atoms with Crippen molar-refractivity contribution in [1.82, 2.24) is 37.2 Å². The summed E-state index contributed by atoms with van der Waals surface area (Å²) in [6.45, 7) is 7.07. The number of rotatable bonds is 19. The normalized spacial score (nSPS) is 20.4. The maximum Gasteiger partial charge on any atom is 0.328 e. The molecule has 21 heteroatoms. The van der Waals surface area contributed by atoms with Gasteiger partial charge in [0.15, 0.2) is 5.78 Å². The lowest BCUT2D eigenvalue weighted by Crippen LogP contribution is -2.63. The Kier molecular flexibility index (Phi) is 23.6. The Morgan fingerprint density at radius 2 is 1.04 bits per heavy atom. The van der Waals surface area contributed by atoms with E-state index in [-0.39, 0.29) is 42.8 Å². The van der Waals surface area contributed by atoms with Crippen LogP contribution < -0.4 is 58.9 Å². The second-order valence-corrected chi connectivity index (χ2v) is 25.4. The minimum atomic E-state index is -3.76. The van der Waals surface area contributed by atoms with Crippen molar-refractivity contribution in [3.05, 3.63) is 163 Å². The van der Waals surface area contributed by atoms with E-state index in [9.17, 15) is 38.7 Å². The summed E-state index contributed by atoms with van der Waals surface area (Å²) in [5.74, 6) is -10.4. The molecule has 20 nitrogen and oxygen atoms in total. The van der Waals surface area contributed by atoms with E-state index in [0.717, 1.165) is 0 Å². The number of Topliss-reactive ketones (excluding diaryl/α,β-unsaturated/α-hetero) is 1. The number of nitrogens with two attached hydrogens (primary N) is 1. The topological polar surface area (TPSA) is 310 Å². The van der Waals surface area contributed by atoms with Crippen LogP contribution in [-0.4, -0.2) is 124 Å². The SMILES string of the molecule is CC(C)C[C@@H]1NC(=O)C(=P(c2ccccc2)(c2ccccc2)c2ccccc2)C(=O)[C@H](CC(C)C)NC(=O)[C@@H](NC(=O)[C@@H](NC(=O)[C@H](Cc2ccccc2)NC(=O)Cc2ccccc2)[C@@H](C)O)[C@@H](C)OC(=O)[C@@H](C)NC(=O)[C@H](CC(N)=O)NC1=O. The maximum atomic E-state index is 16.4. The summed E-state index contributed by atoms with van der Waals surface area (Å²) in [5, 5.41) is 31.0. The number of cyclic esters (lactones) is 1. The highest BCUT2D eigenvalue weighted by atomic mass is 31.2. The van der Waals surface area contributed by atoms with Crippen molar-refractivity contribution in [2.45, 2.75) is 135 Å². The number of ether oxygens (including phenoxy) is 1. The third-order valence-electron chi connectivity index (χ3n) is 14.2. The number of aliphatic hydroxyl groups excluding tert-OH is 1. The first-order chi connectivity index (χ1) is 40.5. The minimum Gasteiger partial charge on any atom is -0.458 e. The zero-order chi connectivity index (χ0) is 62.0. The van der Waals surface area contributed by atoms with Crippen LogP contribution in [0.5, 0.6) is 0 Å². The van der Waals surface area contributed by atoms with Crippen LogP contribution in [-0.2, 0) is 65.5 Å². The molecule has 450 valence electrons. The third-order valence-corrected chi connectivity index (χ3v) is 18.5. The largest absolute Gasteiger partial charge is 0.458 e. The van der Waals surface area contributed by atoms with Gasteiger partial charge in [-0.15, -0.1) is 0 Å². The maximum absolute atomic E-state index is 16.4. The van der Waals surface area contributed by atoms with Crippen molar-refractivity contribution in [3.8, 4) is 0 Å². The predicted molar refractivity (Wildman–Crippen MR) is 325 cm³/mol. The molecule has 0 aromatic heterocycles. The Hall–Kier alpha value is -8.74. The summed E-state index contributed by atoms with van der Waals surface area (Å²) in [5.41, 5.74) is 6.92. The molecular formula is C64H77N8O12P. The molecule has 1 aliphatic heterocycles. The number of esters is 1. The number of carbonyl (C=O) groups excluding carboxylic acids is 10. The summed E-state index contributed by atoms with van der Waals surface area (Å²) in [7, 11) is 0. The Labute approximate surface area is 495 Å².